The summed E-state index contributed by atoms with van der Waals surface area (Å²) in [6.07, 6.45) is -0.0677. The molecule has 1 aromatic rings. The van der Waals surface area contributed by atoms with E-state index in [-0.39, 0.29) is 6.10 Å². The molecule has 5 nitrogen and oxygen atoms in total. The van der Waals surface area contributed by atoms with Crippen LogP contribution in [0.3, 0.4) is 0 Å². The zero-order chi connectivity index (χ0) is 12.8. The van der Waals surface area contributed by atoms with E-state index in [4.69, 9.17) is 15.2 Å². The molecule has 1 aromatic carbocycles. The van der Waals surface area contributed by atoms with Crippen molar-refractivity contribution in [2.45, 2.75) is 13.0 Å². The summed E-state index contributed by atoms with van der Waals surface area (Å²) < 4.78 is 15.2. The van der Waals surface area contributed by atoms with Gasteiger partial charge in [-0.25, -0.2) is 4.79 Å². The van der Waals surface area contributed by atoms with Gasteiger partial charge in [0.1, 0.15) is 17.9 Å². The number of nitrogens with two attached hydrogens (primary N) is 1. The second kappa shape index (κ2) is 6.10. The van der Waals surface area contributed by atoms with Crippen LogP contribution in [0.5, 0.6) is 5.75 Å². The predicted octanol–water partition coefficient (Wildman–Crippen LogP) is 1.47. The Morgan fingerprint density at radius 3 is 2.71 bits per heavy atom. The van der Waals surface area contributed by atoms with Crippen LogP contribution in [-0.4, -0.2) is 32.9 Å². The number of esters is 1. The van der Waals surface area contributed by atoms with E-state index in [1.807, 2.05) is 6.92 Å². The first-order chi connectivity index (χ1) is 8.08. The van der Waals surface area contributed by atoms with Gasteiger partial charge >= 0.3 is 5.97 Å². The first-order valence-corrected chi connectivity index (χ1v) is 5.22. The summed E-state index contributed by atoms with van der Waals surface area (Å²) in [6.45, 7) is 2.20. The van der Waals surface area contributed by atoms with Gasteiger partial charge in [-0.1, -0.05) is 0 Å². The van der Waals surface area contributed by atoms with Crippen molar-refractivity contribution in [2.24, 2.45) is 0 Å². The maximum absolute atomic E-state index is 11.5. The lowest BCUT2D eigenvalue weighted by Crippen LogP contribution is -2.17. The van der Waals surface area contributed by atoms with Crippen molar-refractivity contribution in [3.63, 3.8) is 0 Å². The molecule has 0 radical (unpaired) electrons. The molecule has 0 spiro atoms. The van der Waals surface area contributed by atoms with Gasteiger partial charge in [-0.05, 0) is 19.1 Å². The average molecular weight is 239 g/mol. The van der Waals surface area contributed by atoms with Crippen LogP contribution in [0.2, 0.25) is 0 Å². The zero-order valence-corrected chi connectivity index (χ0v) is 10.2. The largest absolute Gasteiger partial charge is 0.490 e. The van der Waals surface area contributed by atoms with Crippen molar-refractivity contribution in [1.82, 2.24) is 0 Å². The van der Waals surface area contributed by atoms with Crippen LogP contribution in [0.1, 0.15) is 17.3 Å². The number of hydrogen-bond donors (Lipinski definition) is 1. The molecule has 1 unspecified atom stereocenters. The highest BCUT2D eigenvalue weighted by molar-refractivity contribution is 5.93. The van der Waals surface area contributed by atoms with Crippen LogP contribution < -0.4 is 10.5 Å². The third kappa shape index (κ3) is 3.64. The number of benzene rings is 1. The van der Waals surface area contributed by atoms with Gasteiger partial charge in [0, 0.05) is 18.9 Å². The summed E-state index contributed by atoms with van der Waals surface area (Å²) in [5, 5.41) is 0. The Bertz CT molecular complexity index is 392. The van der Waals surface area contributed by atoms with Crippen LogP contribution in [0.4, 0.5) is 5.69 Å². The number of rotatable bonds is 5. The maximum Gasteiger partial charge on any atom is 0.341 e. The van der Waals surface area contributed by atoms with Crippen molar-refractivity contribution < 1.29 is 19.0 Å². The molecule has 0 saturated heterocycles. The fourth-order valence-electron chi connectivity index (χ4n) is 1.21. The number of nitrogen functional groups attached to an aromatic ring is 1. The van der Waals surface area contributed by atoms with E-state index < -0.39 is 5.97 Å². The average Bonchev–Trinajstić information content (AvgIpc) is 2.35. The van der Waals surface area contributed by atoms with Gasteiger partial charge in [0.05, 0.1) is 13.2 Å². The van der Waals surface area contributed by atoms with Gasteiger partial charge < -0.3 is 19.9 Å². The minimum Gasteiger partial charge on any atom is -0.490 e. The summed E-state index contributed by atoms with van der Waals surface area (Å²) in [5.74, 6) is -0.0502. The quantitative estimate of drug-likeness (QED) is 0.622. The monoisotopic (exact) mass is 239 g/mol. The second-order valence-electron chi connectivity index (χ2n) is 3.60. The molecule has 0 amide bonds. The van der Waals surface area contributed by atoms with Crippen LogP contribution in [0, 0.1) is 0 Å². The van der Waals surface area contributed by atoms with Crippen molar-refractivity contribution in [3.8, 4) is 5.75 Å². The number of carbonyl (C=O) groups excluding carboxylic acids is 1. The van der Waals surface area contributed by atoms with Crippen LogP contribution >= 0.6 is 0 Å². The van der Waals surface area contributed by atoms with E-state index in [1.165, 1.54) is 7.11 Å². The molecule has 5 heteroatoms. The molecule has 0 fully saturated rings. The normalized spacial score (nSPS) is 11.9. The minimum absolute atomic E-state index is 0.0677. The summed E-state index contributed by atoms with van der Waals surface area (Å²) in [5.41, 5.74) is 6.52. The highest BCUT2D eigenvalue weighted by Gasteiger charge is 2.14. The Labute approximate surface area is 100 Å². The fourth-order valence-corrected chi connectivity index (χ4v) is 1.21. The Morgan fingerprint density at radius 1 is 1.41 bits per heavy atom. The molecule has 0 aliphatic carbocycles. The molecule has 0 aliphatic heterocycles. The van der Waals surface area contributed by atoms with Crippen molar-refractivity contribution in [1.29, 1.82) is 0 Å². The second-order valence-corrected chi connectivity index (χ2v) is 3.60. The zero-order valence-electron chi connectivity index (χ0n) is 10.2. The van der Waals surface area contributed by atoms with Crippen LogP contribution in [0.25, 0.3) is 0 Å². The highest BCUT2D eigenvalue weighted by Crippen LogP contribution is 2.22. The van der Waals surface area contributed by atoms with E-state index in [2.05, 4.69) is 4.74 Å². The van der Waals surface area contributed by atoms with Gasteiger partial charge in [0.15, 0.2) is 0 Å². The van der Waals surface area contributed by atoms with Gasteiger partial charge in [0.2, 0.25) is 0 Å². The van der Waals surface area contributed by atoms with E-state index in [1.54, 1.807) is 25.3 Å². The van der Waals surface area contributed by atoms with Crippen molar-refractivity contribution in [3.05, 3.63) is 23.8 Å². The molecule has 17 heavy (non-hydrogen) atoms. The van der Waals surface area contributed by atoms with Crippen molar-refractivity contribution in [2.75, 3.05) is 26.6 Å². The van der Waals surface area contributed by atoms with Gasteiger partial charge in [-0.15, -0.1) is 0 Å². The Balaban J connectivity index is 2.87. The number of hydrogen-bond acceptors (Lipinski definition) is 5. The Hall–Kier alpha value is -1.75. The molecule has 0 aromatic heterocycles. The highest BCUT2D eigenvalue weighted by atomic mass is 16.5. The van der Waals surface area contributed by atoms with Gasteiger partial charge in [0.25, 0.3) is 0 Å². The summed E-state index contributed by atoms with van der Waals surface area (Å²) >= 11 is 0. The number of ether oxygens (including phenoxy) is 3. The van der Waals surface area contributed by atoms with Gasteiger partial charge in [-0.2, -0.15) is 0 Å². The number of anilines is 1. The smallest absolute Gasteiger partial charge is 0.341 e. The van der Waals surface area contributed by atoms with E-state index in [9.17, 15) is 4.79 Å². The van der Waals surface area contributed by atoms with E-state index >= 15 is 0 Å². The molecule has 0 saturated carbocycles. The summed E-state index contributed by atoms with van der Waals surface area (Å²) in [7, 11) is 2.91. The van der Waals surface area contributed by atoms with E-state index in [0.717, 1.165) is 0 Å². The molecule has 2 N–H and O–H groups in total. The number of carbonyl (C=O) groups is 1. The molecular formula is C12H17NO4. The Morgan fingerprint density at radius 2 is 2.12 bits per heavy atom. The maximum atomic E-state index is 11.5. The molecule has 0 aliphatic rings. The standard InChI is InChI=1S/C12H17NO4/c1-8(15-2)7-17-11-6-9(13)4-5-10(11)12(14)16-3/h4-6,8H,7,13H2,1-3H3. The molecular weight excluding hydrogens is 222 g/mol. The first-order valence-electron chi connectivity index (χ1n) is 5.22. The lowest BCUT2D eigenvalue weighted by atomic mass is 10.2. The first kappa shape index (κ1) is 13.3. The van der Waals surface area contributed by atoms with E-state index in [0.29, 0.717) is 23.6 Å². The SMILES string of the molecule is COC(=O)c1ccc(N)cc1OCC(C)OC. The fraction of sp³-hybridized carbons (Fsp3) is 0.417. The third-order valence-corrected chi connectivity index (χ3v) is 2.29. The Kier molecular flexibility index (Phi) is 4.78. The van der Waals surface area contributed by atoms with Gasteiger partial charge in [-0.3, -0.25) is 0 Å². The lowest BCUT2D eigenvalue weighted by Gasteiger charge is -2.14. The van der Waals surface area contributed by atoms with Crippen molar-refractivity contribution >= 4 is 11.7 Å². The van der Waals surface area contributed by atoms with Crippen LogP contribution in [0.15, 0.2) is 18.2 Å². The molecule has 1 atom stereocenters. The molecule has 0 bridgehead atoms. The minimum atomic E-state index is -0.454. The number of methoxy groups -OCH3 is 2. The lowest BCUT2D eigenvalue weighted by molar-refractivity contribution is 0.0574. The summed E-state index contributed by atoms with van der Waals surface area (Å²) in [6, 6.07) is 4.79. The predicted molar refractivity (Wildman–Crippen MR) is 64.2 cm³/mol. The summed E-state index contributed by atoms with van der Waals surface area (Å²) in [4.78, 5) is 11.5. The third-order valence-electron chi connectivity index (χ3n) is 2.29. The topological polar surface area (TPSA) is 70.8 Å². The molecule has 94 valence electrons. The van der Waals surface area contributed by atoms with Crippen LogP contribution in [-0.2, 0) is 9.47 Å². The molecule has 1 rings (SSSR count). The molecule has 0 heterocycles.